The maximum atomic E-state index is 11.8. The highest BCUT2D eigenvalue weighted by atomic mass is 35.5. The predicted octanol–water partition coefficient (Wildman–Crippen LogP) is 2.18. The van der Waals surface area contributed by atoms with Gasteiger partial charge in [0.1, 0.15) is 0 Å². The molecule has 0 radical (unpaired) electrons. The average Bonchev–Trinajstić information content (AvgIpc) is 2.21. The molecular formula is C11H13ClN2O. The van der Waals surface area contributed by atoms with E-state index in [0.717, 1.165) is 0 Å². The van der Waals surface area contributed by atoms with Gasteiger partial charge in [0.05, 0.1) is 10.7 Å². The lowest BCUT2D eigenvalue weighted by molar-refractivity contribution is 0.0810. The predicted molar refractivity (Wildman–Crippen MR) is 63.0 cm³/mol. The SMILES string of the molecule is C=CCN(C)C(=O)c1ccc(Cl)c(N)c1. The number of hydrogen-bond acceptors (Lipinski definition) is 2. The van der Waals surface area contributed by atoms with Crippen LogP contribution in [0.1, 0.15) is 10.4 Å². The van der Waals surface area contributed by atoms with Crippen LogP contribution in [0.5, 0.6) is 0 Å². The van der Waals surface area contributed by atoms with Gasteiger partial charge in [-0.3, -0.25) is 4.79 Å². The summed E-state index contributed by atoms with van der Waals surface area (Å²) in [5, 5.41) is 0.456. The zero-order valence-electron chi connectivity index (χ0n) is 8.53. The number of rotatable bonds is 3. The smallest absolute Gasteiger partial charge is 0.253 e. The normalized spacial score (nSPS) is 9.73. The second-order valence-corrected chi connectivity index (χ2v) is 3.62. The van der Waals surface area contributed by atoms with Crippen LogP contribution >= 0.6 is 11.6 Å². The van der Waals surface area contributed by atoms with E-state index >= 15 is 0 Å². The monoisotopic (exact) mass is 224 g/mol. The van der Waals surface area contributed by atoms with Crippen molar-refractivity contribution in [2.24, 2.45) is 0 Å². The number of nitrogen functional groups attached to an aromatic ring is 1. The van der Waals surface area contributed by atoms with E-state index in [2.05, 4.69) is 6.58 Å². The Hall–Kier alpha value is -1.48. The fraction of sp³-hybridized carbons (Fsp3) is 0.182. The summed E-state index contributed by atoms with van der Waals surface area (Å²) in [6.45, 7) is 4.07. The minimum Gasteiger partial charge on any atom is -0.398 e. The summed E-state index contributed by atoms with van der Waals surface area (Å²) in [7, 11) is 1.70. The molecule has 4 heteroatoms. The molecule has 0 aromatic heterocycles. The van der Waals surface area contributed by atoms with Gasteiger partial charge >= 0.3 is 0 Å². The van der Waals surface area contributed by atoms with Gasteiger partial charge in [0.25, 0.3) is 5.91 Å². The highest BCUT2D eigenvalue weighted by Gasteiger charge is 2.11. The number of benzene rings is 1. The first-order valence-electron chi connectivity index (χ1n) is 4.47. The summed E-state index contributed by atoms with van der Waals surface area (Å²) in [5.41, 5.74) is 6.55. The van der Waals surface area contributed by atoms with E-state index in [1.165, 1.54) is 0 Å². The van der Waals surface area contributed by atoms with Gasteiger partial charge in [-0.1, -0.05) is 17.7 Å². The van der Waals surface area contributed by atoms with Gasteiger partial charge in [-0.15, -0.1) is 6.58 Å². The Morgan fingerprint density at radius 1 is 1.67 bits per heavy atom. The van der Waals surface area contributed by atoms with Crippen LogP contribution < -0.4 is 5.73 Å². The molecule has 0 saturated heterocycles. The molecule has 1 aromatic rings. The van der Waals surface area contributed by atoms with Gasteiger partial charge < -0.3 is 10.6 Å². The van der Waals surface area contributed by atoms with E-state index in [9.17, 15) is 4.79 Å². The maximum absolute atomic E-state index is 11.8. The van der Waals surface area contributed by atoms with Gasteiger partial charge in [0.2, 0.25) is 0 Å². The molecule has 0 saturated carbocycles. The number of hydrogen-bond donors (Lipinski definition) is 1. The Labute approximate surface area is 94.1 Å². The van der Waals surface area contributed by atoms with Crippen molar-refractivity contribution < 1.29 is 4.79 Å². The van der Waals surface area contributed by atoms with Crippen molar-refractivity contribution in [3.63, 3.8) is 0 Å². The number of nitrogens with zero attached hydrogens (tertiary/aromatic N) is 1. The minimum atomic E-state index is -0.0988. The van der Waals surface area contributed by atoms with E-state index in [4.69, 9.17) is 17.3 Å². The largest absolute Gasteiger partial charge is 0.398 e. The standard InChI is InChI=1S/C11H13ClN2O/c1-3-6-14(2)11(15)8-4-5-9(12)10(13)7-8/h3-5,7H,1,6,13H2,2H3. The zero-order chi connectivity index (χ0) is 11.4. The van der Waals surface area contributed by atoms with Crippen LogP contribution in [0.2, 0.25) is 5.02 Å². The van der Waals surface area contributed by atoms with Crippen LogP contribution in [0.25, 0.3) is 0 Å². The van der Waals surface area contributed by atoms with E-state index < -0.39 is 0 Å². The Balaban J connectivity index is 2.91. The Bertz CT molecular complexity index is 390. The summed E-state index contributed by atoms with van der Waals surface area (Å²) in [5.74, 6) is -0.0988. The molecule has 2 N–H and O–H groups in total. The number of amides is 1. The molecule has 0 heterocycles. The molecule has 0 fully saturated rings. The van der Waals surface area contributed by atoms with Crippen LogP contribution in [0.3, 0.4) is 0 Å². The molecule has 1 rings (SSSR count). The fourth-order valence-corrected chi connectivity index (χ4v) is 1.29. The first-order valence-corrected chi connectivity index (χ1v) is 4.85. The Kier molecular flexibility index (Phi) is 3.74. The molecule has 0 atom stereocenters. The summed E-state index contributed by atoms with van der Waals surface area (Å²) < 4.78 is 0. The first kappa shape index (κ1) is 11.6. The molecule has 0 bridgehead atoms. The minimum absolute atomic E-state index is 0.0988. The van der Waals surface area contributed by atoms with Crippen molar-refractivity contribution in [1.82, 2.24) is 4.90 Å². The van der Waals surface area contributed by atoms with Crippen molar-refractivity contribution in [3.8, 4) is 0 Å². The molecule has 80 valence electrons. The summed E-state index contributed by atoms with van der Waals surface area (Å²) in [6, 6.07) is 4.84. The molecule has 0 unspecified atom stereocenters. The molecule has 1 aromatic carbocycles. The topological polar surface area (TPSA) is 46.3 Å². The third kappa shape index (κ3) is 2.73. The van der Waals surface area contributed by atoms with Gasteiger partial charge in [-0.2, -0.15) is 0 Å². The molecule has 0 aliphatic carbocycles. The van der Waals surface area contributed by atoms with E-state index in [0.29, 0.717) is 22.8 Å². The van der Waals surface area contributed by atoms with Crippen molar-refractivity contribution in [2.75, 3.05) is 19.3 Å². The van der Waals surface area contributed by atoms with Gasteiger partial charge in [-0.25, -0.2) is 0 Å². The van der Waals surface area contributed by atoms with E-state index in [1.807, 2.05) is 0 Å². The quantitative estimate of drug-likeness (QED) is 0.632. The van der Waals surface area contributed by atoms with Crippen molar-refractivity contribution in [3.05, 3.63) is 41.4 Å². The highest BCUT2D eigenvalue weighted by Crippen LogP contribution is 2.20. The summed E-state index contributed by atoms with van der Waals surface area (Å²) in [4.78, 5) is 13.3. The average molecular weight is 225 g/mol. The Morgan fingerprint density at radius 2 is 2.33 bits per heavy atom. The summed E-state index contributed by atoms with van der Waals surface area (Å²) >= 11 is 5.76. The van der Waals surface area contributed by atoms with Crippen LogP contribution in [-0.4, -0.2) is 24.4 Å². The molecule has 0 aliphatic rings. The van der Waals surface area contributed by atoms with Crippen molar-refractivity contribution in [1.29, 1.82) is 0 Å². The Morgan fingerprint density at radius 3 is 2.87 bits per heavy atom. The van der Waals surface area contributed by atoms with Crippen molar-refractivity contribution in [2.45, 2.75) is 0 Å². The summed E-state index contributed by atoms with van der Waals surface area (Å²) in [6.07, 6.45) is 1.66. The molecule has 1 amide bonds. The molecular weight excluding hydrogens is 212 g/mol. The maximum Gasteiger partial charge on any atom is 0.253 e. The van der Waals surface area contributed by atoms with Gasteiger partial charge in [0, 0.05) is 19.2 Å². The lowest BCUT2D eigenvalue weighted by Crippen LogP contribution is -2.26. The number of likely N-dealkylation sites (N-methyl/N-ethyl adjacent to an activating group) is 1. The lowest BCUT2D eigenvalue weighted by atomic mass is 10.2. The van der Waals surface area contributed by atoms with Crippen molar-refractivity contribution >= 4 is 23.2 Å². The van der Waals surface area contributed by atoms with Gasteiger partial charge in [0.15, 0.2) is 0 Å². The third-order valence-electron chi connectivity index (χ3n) is 1.99. The number of carbonyl (C=O) groups excluding carboxylic acids is 1. The molecule has 15 heavy (non-hydrogen) atoms. The number of anilines is 1. The molecule has 3 nitrogen and oxygen atoms in total. The van der Waals surface area contributed by atoms with Crippen LogP contribution in [0.4, 0.5) is 5.69 Å². The van der Waals surface area contributed by atoms with Crippen LogP contribution in [0.15, 0.2) is 30.9 Å². The van der Waals surface area contributed by atoms with Gasteiger partial charge in [-0.05, 0) is 18.2 Å². The number of carbonyl (C=O) groups is 1. The van der Waals surface area contributed by atoms with Crippen LogP contribution in [-0.2, 0) is 0 Å². The molecule has 0 spiro atoms. The fourth-order valence-electron chi connectivity index (χ4n) is 1.17. The van der Waals surface area contributed by atoms with E-state index in [1.54, 1.807) is 36.2 Å². The van der Waals surface area contributed by atoms with Crippen LogP contribution in [0, 0.1) is 0 Å². The first-order chi connectivity index (χ1) is 7.06. The highest BCUT2D eigenvalue weighted by molar-refractivity contribution is 6.33. The number of nitrogens with two attached hydrogens (primary N) is 1. The second-order valence-electron chi connectivity index (χ2n) is 3.21. The molecule has 0 aliphatic heterocycles. The zero-order valence-corrected chi connectivity index (χ0v) is 9.29. The third-order valence-corrected chi connectivity index (χ3v) is 2.34. The lowest BCUT2D eigenvalue weighted by Gasteiger charge is -2.15. The van der Waals surface area contributed by atoms with E-state index in [-0.39, 0.29) is 5.91 Å². The second kappa shape index (κ2) is 4.84. The number of halogens is 1.